The van der Waals surface area contributed by atoms with Gasteiger partial charge in [-0.05, 0) is 60.7 Å². The summed E-state index contributed by atoms with van der Waals surface area (Å²) in [6.07, 6.45) is -12.4. The molecule has 8 aromatic rings. The first-order valence-corrected chi connectivity index (χ1v) is 26.0. The minimum atomic E-state index is -2.34. The topological polar surface area (TPSA) is 525 Å². The van der Waals surface area contributed by atoms with Crippen molar-refractivity contribution in [3.05, 3.63) is 141 Å². The second-order valence-electron chi connectivity index (χ2n) is 21.1. The van der Waals surface area contributed by atoms with Crippen LogP contribution in [0.5, 0.6) is 138 Å². The van der Waals surface area contributed by atoms with E-state index in [-0.39, 0.29) is 5.56 Å². The molecule has 22 N–H and O–H groups in total. The molecule has 0 fully saturated rings. The van der Waals surface area contributed by atoms with Crippen LogP contribution in [0.3, 0.4) is 0 Å². The van der Waals surface area contributed by atoms with E-state index in [2.05, 4.69) is 0 Å². The van der Waals surface area contributed by atoms with Crippen LogP contribution < -0.4 is 14.2 Å². The molecular formula is C60H48O29. The highest BCUT2D eigenvalue weighted by Gasteiger charge is 2.53. The second kappa shape index (κ2) is 21.1. The van der Waals surface area contributed by atoms with Crippen LogP contribution in [0.25, 0.3) is 0 Å². The molecule has 8 aromatic carbocycles. The molecule has 0 aliphatic carbocycles. The Kier molecular flexibility index (Phi) is 13.9. The molecule has 9 atom stereocenters. The molecule has 89 heavy (non-hydrogen) atoms. The molecule has 29 nitrogen and oxygen atoms in total. The Morgan fingerprint density at radius 2 is 0.652 bits per heavy atom. The van der Waals surface area contributed by atoms with Gasteiger partial charge in [0.1, 0.15) is 64.0 Å². The molecule has 9 unspecified atom stereocenters. The van der Waals surface area contributed by atoms with E-state index in [0.29, 0.717) is 36.4 Å². The average Bonchev–Trinajstić information content (AvgIpc) is 0.743. The molecule has 0 saturated carbocycles. The number of rotatable bonds is 9. The number of ether oxygens (including phenoxy) is 5. The van der Waals surface area contributed by atoms with Crippen molar-refractivity contribution in [2.45, 2.75) is 61.3 Å². The van der Waals surface area contributed by atoms with Gasteiger partial charge >= 0.3 is 11.9 Å². The number of aliphatic hydroxyl groups excluding tert-OH is 1. The van der Waals surface area contributed by atoms with Gasteiger partial charge in [0.05, 0.1) is 23.0 Å². The van der Waals surface area contributed by atoms with Crippen LogP contribution in [0.15, 0.2) is 84.9 Å². The number of hydrogen-bond acceptors (Lipinski definition) is 29. The predicted octanol–water partition coefficient (Wildman–Crippen LogP) is 6.08. The van der Waals surface area contributed by atoms with E-state index in [9.17, 15) is 122 Å². The molecule has 11 rings (SSSR count). The molecule has 0 radical (unpaired) electrons. The van der Waals surface area contributed by atoms with Crippen molar-refractivity contribution < 1.29 is 146 Å². The van der Waals surface area contributed by atoms with Crippen LogP contribution in [-0.2, 0) is 9.47 Å². The number of fused-ring (bicyclic) bond motifs is 3. The fraction of sp³-hybridized carbons (Fsp3) is 0.167. The molecule has 0 saturated heterocycles. The highest BCUT2D eigenvalue weighted by Crippen LogP contribution is 2.64. The summed E-state index contributed by atoms with van der Waals surface area (Å²) in [4.78, 5) is 28.6. The Hall–Kier alpha value is -12.1. The molecule has 3 heterocycles. The van der Waals surface area contributed by atoms with Gasteiger partial charge in [-0.1, -0.05) is 6.92 Å². The van der Waals surface area contributed by atoms with E-state index in [1.807, 2.05) is 0 Å². The Morgan fingerprint density at radius 1 is 0.337 bits per heavy atom. The summed E-state index contributed by atoms with van der Waals surface area (Å²) in [5.74, 6) is -31.9. The lowest BCUT2D eigenvalue weighted by molar-refractivity contribution is -0.0322. The third-order valence-corrected chi connectivity index (χ3v) is 15.6. The zero-order valence-electron chi connectivity index (χ0n) is 45.0. The summed E-state index contributed by atoms with van der Waals surface area (Å²) in [5.41, 5.74) is -5.61. The summed E-state index contributed by atoms with van der Waals surface area (Å²) in [6.45, 7) is 1.31. The molecule has 29 heteroatoms. The monoisotopic (exact) mass is 1230 g/mol. The summed E-state index contributed by atoms with van der Waals surface area (Å²) in [7, 11) is 0. The molecule has 0 aromatic heterocycles. The van der Waals surface area contributed by atoms with Crippen LogP contribution in [0, 0.1) is 0 Å². The van der Waals surface area contributed by atoms with Gasteiger partial charge in [0, 0.05) is 74.7 Å². The summed E-state index contributed by atoms with van der Waals surface area (Å²) in [5, 5.41) is 244. The maximum atomic E-state index is 14.5. The number of carbonyl (C=O) groups excluding carboxylic acids is 2. The number of phenolic OH excluding ortho intramolecular Hbond substituents is 21. The van der Waals surface area contributed by atoms with E-state index in [0.717, 1.165) is 48.5 Å². The zero-order valence-corrected chi connectivity index (χ0v) is 45.0. The molecule has 0 amide bonds. The van der Waals surface area contributed by atoms with Crippen molar-refractivity contribution in [1.29, 1.82) is 0 Å². The van der Waals surface area contributed by atoms with Crippen LogP contribution >= 0.6 is 0 Å². The van der Waals surface area contributed by atoms with Gasteiger partial charge in [0.15, 0.2) is 111 Å². The number of benzene rings is 8. The standard InChI is InChI=1S/C60H48O29/c1-16-39-24(63)14-25(64)41(56(39)87-54(18-4-30(69)47(78)31(70)5-18)52(16)88-59(83)20-8-34(73)49(80)35(74)9-20)44-42-26(65)15-27(66)43(57(42)86-53(51(44)82)17-2-28(67)46(77)29(68)3-17)45-40-23(62)12-22(61)13-38(40)85-55(19-6-32(71)48(79)33(72)7-19)58(45)89-60(84)21-10-36(75)50(81)37(76)11-21/h2-16,44-45,51-55,58,61-82H,1H3. The number of aliphatic hydroxyl groups is 1. The maximum Gasteiger partial charge on any atom is 0.338 e. The minimum absolute atomic E-state index is 0.346. The molecule has 0 bridgehead atoms. The van der Waals surface area contributed by atoms with E-state index in [1.54, 1.807) is 0 Å². The normalized spacial score (nSPS) is 20.8. The van der Waals surface area contributed by atoms with Gasteiger partial charge in [-0.25, -0.2) is 9.59 Å². The van der Waals surface area contributed by atoms with Crippen molar-refractivity contribution in [2.75, 3.05) is 0 Å². The van der Waals surface area contributed by atoms with Gasteiger partial charge in [0.2, 0.25) is 0 Å². The lowest BCUT2D eigenvalue weighted by atomic mass is 9.73. The van der Waals surface area contributed by atoms with E-state index in [1.165, 1.54) is 6.92 Å². The van der Waals surface area contributed by atoms with Crippen LogP contribution in [0.1, 0.15) is 108 Å². The van der Waals surface area contributed by atoms with Crippen molar-refractivity contribution >= 4 is 11.9 Å². The SMILES string of the molecule is CC1c2c(O)cc(O)c(C3c4c(O)cc(O)c(C5c6c(O)cc(O)cc6OC(c6cc(O)c(O)c(O)c6)C5OC(=O)c5cc(O)c(O)c(O)c5)c4OC(c4cc(O)c(O)c(O)c4)C3O)c2OC(c2cc(O)c(O)c(O)c2)C1OC(=O)c1cc(O)c(O)c(O)c1. The average molecular weight is 1230 g/mol. The highest BCUT2D eigenvalue weighted by molar-refractivity contribution is 5.92. The molecule has 0 spiro atoms. The number of esters is 2. The number of phenols is 21. The van der Waals surface area contributed by atoms with Crippen LogP contribution in [0.4, 0.5) is 0 Å². The first-order chi connectivity index (χ1) is 41.9. The van der Waals surface area contributed by atoms with E-state index in [4.69, 9.17) is 23.7 Å². The minimum Gasteiger partial charge on any atom is -0.508 e. The van der Waals surface area contributed by atoms with E-state index < -0.39 is 254 Å². The number of hydrogen-bond donors (Lipinski definition) is 22. The van der Waals surface area contributed by atoms with Crippen LogP contribution in [-0.4, -0.2) is 143 Å². The smallest absolute Gasteiger partial charge is 0.338 e. The lowest BCUT2D eigenvalue weighted by Crippen LogP contribution is -2.41. The third-order valence-electron chi connectivity index (χ3n) is 15.6. The fourth-order valence-corrected chi connectivity index (χ4v) is 11.5. The second-order valence-corrected chi connectivity index (χ2v) is 21.1. The third kappa shape index (κ3) is 9.58. The van der Waals surface area contributed by atoms with Gasteiger partial charge in [-0.2, -0.15) is 0 Å². The lowest BCUT2D eigenvalue weighted by Gasteiger charge is -2.44. The summed E-state index contributed by atoms with van der Waals surface area (Å²) < 4.78 is 31.4. The van der Waals surface area contributed by atoms with Crippen molar-refractivity contribution in [3.63, 3.8) is 0 Å². The zero-order chi connectivity index (χ0) is 64.4. The van der Waals surface area contributed by atoms with Crippen molar-refractivity contribution in [1.82, 2.24) is 0 Å². The first kappa shape index (κ1) is 58.6. The predicted molar refractivity (Wildman–Crippen MR) is 293 cm³/mol. The quantitative estimate of drug-likeness (QED) is 0.0574. The van der Waals surface area contributed by atoms with Crippen molar-refractivity contribution in [2.24, 2.45) is 0 Å². The van der Waals surface area contributed by atoms with Crippen LogP contribution in [0.2, 0.25) is 0 Å². The van der Waals surface area contributed by atoms with Gasteiger partial charge < -0.3 is 136 Å². The molecule has 462 valence electrons. The molecule has 3 aliphatic heterocycles. The number of carbonyl (C=O) groups is 2. The van der Waals surface area contributed by atoms with Crippen molar-refractivity contribution in [3.8, 4) is 138 Å². The molecule has 3 aliphatic rings. The van der Waals surface area contributed by atoms with Gasteiger partial charge in [-0.3, -0.25) is 0 Å². The highest BCUT2D eigenvalue weighted by atomic mass is 16.6. The Bertz CT molecular complexity index is 4200. The summed E-state index contributed by atoms with van der Waals surface area (Å²) in [6, 6.07) is 10.5. The number of aromatic hydroxyl groups is 21. The Balaban J connectivity index is 1.19. The molecular weight excluding hydrogens is 1180 g/mol. The summed E-state index contributed by atoms with van der Waals surface area (Å²) >= 11 is 0. The van der Waals surface area contributed by atoms with Gasteiger partial charge in [-0.15, -0.1) is 0 Å². The largest absolute Gasteiger partial charge is 0.508 e. The van der Waals surface area contributed by atoms with Gasteiger partial charge in [0.25, 0.3) is 0 Å². The first-order valence-electron chi connectivity index (χ1n) is 26.0. The Labute approximate surface area is 496 Å². The van der Waals surface area contributed by atoms with E-state index >= 15 is 0 Å². The maximum absolute atomic E-state index is 14.5. The Morgan fingerprint density at radius 3 is 1.07 bits per heavy atom. The fourth-order valence-electron chi connectivity index (χ4n) is 11.5.